The molecule has 2 rings (SSSR count). The number of sulfonamides is 1. The summed E-state index contributed by atoms with van der Waals surface area (Å²) in [5.41, 5.74) is 0.0285. The number of carbonyl (C=O) groups excluding carboxylic acids is 1. The zero-order valence-corrected chi connectivity index (χ0v) is 16.4. The first-order chi connectivity index (χ1) is 11.8. The molecule has 1 aliphatic heterocycles. The predicted molar refractivity (Wildman–Crippen MR) is 93.8 cm³/mol. The monoisotopic (exact) mass is 387 g/mol. The van der Waals surface area contributed by atoms with Gasteiger partial charge in [-0.2, -0.15) is 4.31 Å². The van der Waals surface area contributed by atoms with E-state index in [1.165, 1.54) is 9.21 Å². The minimum atomic E-state index is -3.88. The molecule has 0 saturated carbocycles. The first kappa shape index (κ1) is 20.2. The number of amides is 1. The van der Waals surface area contributed by atoms with E-state index in [4.69, 9.17) is 4.74 Å². The Kier molecular flexibility index (Phi) is 5.39. The molecule has 0 aromatic carbocycles. The maximum atomic E-state index is 12.9. The van der Waals surface area contributed by atoms with Crippen molar-refractivity contribution in [2.75, 3.05) is 26.2 Å². The number of nitrogens with one attached hydrogen (secondary N) is 1. The fourth-order valence-electron chi connectivity index (χ4n) is 2.70. The van der Waals surface area contributed by atoms with Crippen LogP contribution < -0.4 is 0 Å². The summed E-state index contributed by atoms with van der Waals surface area (Å²) in [6.45, 7) is 9.07. The number of aromatic nitrogens is 1. The van der Waals surface area contributed by atoms with Gasteiger partial charge in [-0.1, -0.05) is 0 Å². The quantitative estimate of drug-likeness (QED) is 0.812. The first-order valence-corrected chi connectivity index (χ1v) is 9.69. The van der Waals surface area contributed by atoms with Gasteiger partial charge >= 0.3 is 12.1 Å². The van der Waals surface area contributed by atoms with Crippen LogP contribution in [-0.2, 0) is 14.8 Å². The highest BCUT2D eigenvalue weighted by molar-refractivity contribution is 7.89. The van der Waals surface area contributed by atoms with Gasteiger partial charge in [0.1, 0.15) is 11.3 Å². The molecule has 1 aromatic rings. The number of aromatic amines is 1. The van der Waals surface area contributed by atoms with Crippen LogP contribution >= 0.6 is 0 Å². The second-order valence-electron chi connectivity index (χ2n) is 7.26. The molecule has 1 saturated heterocycles. The number of hydrogen-bond acceptors (Lipinski definition) is 5. The maximum Gasteiger partial charge on any atom is 0.410 e. The van der Waals surface area contributed by atoms with Crippen LogP contribution in [0, 0.1) is 13.8 Å². The zero-order chi connectivity index (χ0) is 19.9. The third-order valence-electron chi connectivity index (χ3n) is 4.22. The van der Waals surface area contributed by atoms with E-state index in [1.54, 1.807) is 34.6 Å². The Balaban J connectivity index is 2.15. The fraction of sp³-hybridized carbons (Fsp3) is 0.625. The van der Waals surface area contributed by atoms with E-state index in [-0.39, 0.29) is 36.9 Å². The molecule has 0 aliphatic carbocycles. The van der Waals surface area contributed by atoms with Gasteiger partial charge in [-0.3, -0.25) is 0 Å². The molecule has 146 valence electrons. The van der Waals surface area contributed by atoms with Crippen LogP contribution in [0.1, 0.15) is 42.4 Å². The largest absolute Gasteiger partial charge is 0.477 e. The minimum absolute atomic E-state index is 0.113. The average molecular weight is 387 g/mol. The molecule has 1 aliphatic rings. The molecular formula is C16H25N3O6S. The van der Waals surface area contributed by atoms with Crippen molar-refractivity contribution in [3.8, 4) is 0 Å². The van der Waals surface area contributed by atoms with Crippen molar-refractivity contribution in [3.05, 3.63) is 16.8 Å². The standard InChI is InChI=1S/C16H25N3O6S/c1-10-11(2)13(17-12(10)14(20)21)26(23,24)19-8-6-18(7-9-19)15(22)25-16(3,4)5/h17H,6-9H2,1-5H3,(H,20,21). The summed E-state index contributed by atoms with van der Waals surface area (Å²) >= 11 is 0. The van der Waals surface area contributed by atoms with Crippen LogP contribution in [0.5, 0.6) is 0 Å². The van der Waals surface area contributed by atoms with Crippen molar-refractivity contribution < 1.29 is 27.9 Å². The summed E-state index contributed by atoms with van der Waals surface area (Å²) < 4.78 is 32.3. The number of rotatable bonds is 3. The van der Waals surface area contributed by atoms with E-state index in [1.807, 2.05) is 0 Å². The number of carbonyl (C=O) groups is 2. The Bertz CT molecular complexity index is 814. The van der Waals surface area contributed by atoms with Gasteiger partial charge in [0.05, 0.1) is 0 Å². The minimum Gasteiger partial charge on any atom is -0.477 e. The predicted octanol–water partition coefficient (Wildman–Crippen LogP) is 1.57. The number of hydrogen-bond donors (Lipinski definition) is 2. The van der Waals surface area contributed by atoms with Crippen LogP contribution in [-0.4, -0.2) is 71.6 Å². The Morgan fingerprint density at radius 1 is 1.08 bits per heavy atom. The number of nitrogens with zero attached hydrogens (tertiary/aromatic N) is 2. The molecule has 1 aromatic heterocycles. The van der Waals surface area contributed by atoms with E-state index in [0.29, 0.717) is 11.1 Å². The third kappa shape index (κ3) is 4.01. The van der Waals surface area contributed by atoms with Crippen molar-refractivity contribution in [1.29, 1.82) is 0 Å². The molecule has 1 fully saturated rings. The Morgan fingerprint density at radius 3 is 2.04 bits per heavy atom. The molecule has 0 bridgehead atoms. The van der Waals surface area contributed by atoms with Crippen molar-refractivity contribution in [3.63, 3.8) is 0 Å². The van der Waals surface area contributed by atoms with E-state index >= 15 is 0 Å². The van der Waals surface area contributed by atoms with Gasteiger partial charge in [0.2, 0.25) is 0 Å². The van der Waals surface area contributed by atoms with Crippen molar-refractivity contribution in [2.45, 2.75) is 45.2 Å². The van der Waals surface area contributed by atoms with E-state index < -0.39 is 27.7 Å². The molecule has 10 heteroatoms. The van der Waals surface area contributed by atoms with Crippen molar-refractivity contribution >= 4 is 22.1 Å². The number of H-pyrrole nitrogens is 1. The molecule has 0 spiro atoms. The van der Waals surface area contributed by atoms with Gasteiger partial charge in [-0.25, -0.2) is 18.0 Å². The highest BCUT2D eigenvalue weighted by Gasteiger charge is 2.34. The zero-order valence-electron chi connectivity index (χ0n) is 15.6. The number of carboxylic acids is 1. The average Bonchev–Trinajstić information content (AvgIpc) is 2.82. The molecule has 2 heterocycles. The SMILES string of the molecule is Cc1c(C(=O)O)[nH]c(S(=O)(=O)N2CCN(C(=O)OC(C)(C)C)CC2)c1C. The molecule has 1 amide bonds. The topological polar surface area (TPSA) is 120 Å². The molecule has 0 radical (unpaired) electrons. The van der Waals surface area contributed by atoms with Crippen LogP contribution in [0.2, 0.25) is 0 Å². The molecule has 9 nitrogen and oxygen atoms in total. The lowest BCUT2D eigenvalue weighted by Gasteiger charge is -2.34. The van der Waals surface area contributed by atoms with Crippen molar-refractivity contribution in [2.24, 2.45) is 0 Å². The summed E-state index contributed by atoms with van der Waals surface area (Å²) in [6, 6.07) is 0. The van der Waals surface area contributed by atoms with Gasteiger partial charge in [-0.05, 0) is 45.7 Å². The van der Waals surface area contributed by atoms with Crippen LogP contribution in [0.4, 0.5) is 4.79 Å². The second kappa shape index (κ2) is 6.92. The fourth-order valence-corrected chi connectivity index (χ4v) is 4.37. The summed E-state index contributed by atoms with van der Waals surface area (Å²) in [5.74, 6) is -1.21. The molecule has 0 unspecified atom stereocenters. The highest BCUT2D eigenvalue weighted by Crippen LogP contribution is 2.25. The lowest BCUT2D eigenvalue weighted by molar-refractivity contribution is 0.0192. The van der Waals surface area contributed by atoms with Gasteiger partial charge in [0, 0.05) is 26.2 Å². The van der Waals surface area contributed by atoms with Crippen LogP contribution in [0.3, 0.4) is 0 Å². The van der Waals surface area contributed by atoms with Crippen LogP contribution in [0.25, 0.3) is 0 Å². The molecular weight excluding hydrogens is 362 g/mol. The number of piperazine rings is 1. The summed E-state index contributed by atoms with van der Waals surface area (Å²) in [6.07, 6.45) is -0.477. The first-order valence-electron chi connectivity index (χ1n) is 8.25. The second-order valence-corrected chi connectivity index (χ2v) is 9.13. The van der Waals surface area contributed by atoms with Gasteiger partial charge in [-0.15, -0.1) is 0 Å². The van der Waals surface area contributed by atoms with E-state index in [0.717, 1.165) is 0 Å². The van der Waals surface area contributed by atoms with Crippen molar-refractivity contribution in [1.82, 2.24) is 14.2 Å². The number of aromatic carboxylic acids is 1. The number of ether oxygens (including phenoxy) is 1. The maximum absolute atomic E-state index is 12.9. The Labute approximate surface area is 153 Å². The van der Waals surface area contributed by atoms with Gasteiger partial charge in [0.15, 0.2) is 5.03 Å². The molecule has 2 N–H and O–H groups in total. The van der Waals surface area contributed by atoms with Gasteiger partial charge < -0.3 is 19.7 Å². The van der Waals surface area contributed by atoms with Crippen LogP contribution in [0.15, 0.2) is 5.03 Å². The highest BCUT2D eigenvalue weighted by atomic mass is 32.2. The third-order valence-corrected chi connectivity index (χ3v) is 6.19. The Morgan fingerprint density at radius 2 is 1.62 bits per heavy atom. The molecule has 0 atom stereocenters. The van der Waals surface area contributed by atoms with E-state index in [2.05, 4.69) is 4.98 Å². The lowest BCUT2D eigenvalue weighted by atomic mass is 10.2. The number of carboxylic acid groups (broad SMARTS) is 1. The molecule has 26 heavy (non-hydrogen) atoms. The summed E-state index contributed by atoms with van der Waals surface area (Å²) in [5, 5.41) is 9.06. The summed E-state index contributed by atoms with van der Waals surface area (Å²) in [7, 11) is -3.88. The summed E-state index contributed by atoms with van der Waals surface area (Å²) in [4.78, 5) is 27.3. The smallest absolute Gasteiger partial charge is 0.410 e. The van der Waals surface area contributed by atoms with E-state index in [9.17, 15) is 23.1 Å². The van der Waals surface area contributed by atoms with Gasteiger partial charge in [0.25, 0.3) is 10.0 Å². The lowest BCUT2D eigenvalue weighted by Crippen LogP contribution is -2.51. The normalized spacial score (nSPS) is 16.6. The Hall–Kier alpha value is -2.07.